The Morgan fingerprint density at radius 3 is 3.00 bits per heavy atom. The Balaban J connectivity index is 2.16. The molecule has 1 aromatic rings. The molecular weight excluding hydrogens is 202 g/mol. The number of nitrogens with two attached hydrogens (primary N) is 1. The second-order valence-electron chi connectivity index (χ2n) is 4.89. The van der Waals surface area contributed by atoms with Gasteiger partial charge in [0.15, 0.2) is 0 Å². The third-order valence-electron chi connectivity index (χ3n) is 3.26. The van der Waals surface area contributed by atoms with E-state index in [2.05, 4.69) is 12.1 Å². The van der Waals surface area contributed by atoms with E-state index >= 15 is 0 Å². The van der Waals surface area contributed by atoms with Crippen LogP contribution in [0.25, 0.3) is 0 Å². The van der Waals surface area contributed by atoms with Gasteiger partial charge in [0.05, 0.1) is 6.61 Å². The molecule has 1 unspecified atom stereocenters. The topological polar surface area (TPSA) is 55.5 Å². The number of hydrogen-bond donors (Lipinski definition) is 2. The lowest BCUT2D eigenvalue weighted by molar-refractivity contribution is 0.149. The van der Waals surface area contributed by atoms with E-state index in [-0.39, 0.29) is 12.0 Å². The zero-order chi connectivity index (χ0) is 11.6. The predicted octanol–water partition coefficient (Wildman–Crippen LogP) is 1.12. The molecule has 0 aliphatic carbocycles. The molecule has 0 bridgehead atoms. The fraction of sp³-hybridized carbons (Fsp3) is 0.538. The van der Waals surface area contributed by atoms with Gasteiger partial charge in [0.2, 0.25) is 0 Å². The lowest BCUT2D eigenvalue weighted by Gasteiger charge is -2.25. The maximum atomic E-state index is 9.34. The van der Waals surface area contributed by atoms with Crippen molar-refractivity contribution in [2.24, 2.45) is 11.1 Å². The average molecular weight is 221 g/mol. The van der Waals surface area contributed by atoms with E-state index in [1.807, 2.05) is 13.0 Å². The Labute approximate surface area is 96.2 Å². The van der Waals surface area contributed by atoms with Crippen molar-refractivity contribution in [2.75, 3.05) is 19.8 Å². The minimum absolute atomic E-state index is 0.122. The van der Waals surface area contributed by atoms with Crippen LogP contribution in [0.3, 0.4) is 0 Å². The highest BCUT2D eigenvalue weighted by Crippen LogP contribution is 2.28. The molecule has 0 radical (unpaired) electrons. The molecule has 0 spiro atoms. The maximum absolute atomic E-state index is 9.34. The number of ether oxygens (including phenoxy) is 1. The van der Waals surface area contributed by atoms with Gasteiger partial charge in [-0.05, 0) is 23.6 Å². The molecular formula is C13H19NO2. The zero-order valence-corrected chi connectivity index (χ0v) is 9.70. The molecule has 1 aliphatic rings. The summed E-state index contributed by atoms with van der Waals surface area (Å²) in [5, 5.41) is 9.34. The lowest BCUT2D eigenvalue weighted by Crippen LogP contribution is -2.33. The third-order valence-corrected chi connectivity index (χ3v) is 3.26. The SMILES string of the molecule is CC(CN)(CO)Cc1ccc2c(c1)CCO2. The number of benzene rings is 1. The van der Waals surface area contributed by atoms with Crippen LogP contribution in [-0.2, 0) is 12.8 Å². The summed E-state index contributed by atoms with van der Waals surface area (Å²) in [6, 6.07) is 6.26. The summed E-state index contributed by atoms with van der Waals surface area (Å²) < 4.78 is 5.46. The van der Waals surface area contributed by atoms with Crippen molar-refractivity contribution in [1.29, 1.82) is 0 Å². The summed E-state index contributed by atoms with van der Waals surface area (Å²) in [4.78, 5) is 0. The van der Waals surface area contributed by atoms with Crippen molar-refractivity contribution in [3.05, 3.63) is 29.3 Å². The van der Waals surface area contributed by atoms with Crippen LogP contribution in [0, 0.1) is 5.41 Å². The highest BCUT2D eigenvalue weighted by atomic mass is 16.5. The van der Waals surface area contributed by atoms with Gasteiger partial charge < -0.3 is 15.6 Å². The molecule has 1 heterocycles. The Hall–Kier alpha value is -1.06. The number of hydrogen-bond acceptors (Lipinski definition) is 3. The van der Waals surface area contributed by atoms with E-state index in [9.17, 15) is 5.11 Å². The number of fused-ring (bicyclic) bond motifs is 1. The van der Waals surface area contributed by atoms with E-state index in [1.54, 1.807) is 0 Å². The molecule has 0 amide bonds. The zero-order valence-electron chi connectivity index (χ0n) is 9.70. The van der Waals surface area contributed by atoms with Crippen LogP contribution < -0.4 is 10.5 Å². The number of aliphatic hydroxyl groups excluding tert-OH is 1. The van der Waals surface area contributed by atoms with Crippen LogP contribution in [-0.4, -0.2) is 24.9 Å². The van der Waals surface area contributed by atoms with Crippen LogP contribution in [0.2, 0.25) is 0 Å². The van der Waals surface area contributed by atoms with E-state index < -0.39 is 0 Å². The van der Waals surface area contributed by atoms with Gasteiger partial charge >= 0.3 is 0 Å². The third kappa shape index (κ3) is 2.20. The highest BCUT2D eigenvalue weighted by Gasteiger charge is 2.23. The van der Waals surface area contributed by atoms with E-state index in [4.69, 9.17) is 10.5 Å². The van der Waals surface area contributed by atoms with Crippen molar-refractivity contribution in [2.45, 2.75) is 19.8 Å². The van der Waals surface area contributed by atoms with Crippen LogP contribution in [0.15, 0.2) is 18.2 Å². The standard InChI is InChI=1S/C13H19NO2/c1-13(8-14,9-15)7-10-2-3-12-11(6-10)4-5-16-12/h2-3,6,15H,4-5,7-9,14H2,1H3. The summed E-state index contributed by atoms with van der Waals surface area (Å²) in [7, 11) is 0. The van der Waals surface area contributed by atoms with Gasteiger partial charge in [-0.25, -0.2) is 0 Å². The van der Waals surface area contributed by atoms with Crippen LogP contribution in [0.5, 0.6) is 5.75 Å². The van der Waals surface area contributed by atoms with E-state index in [1.165, 1.54) is 11.1 Å². The molecule has 0 saturated heterocycles. The van der Waals surface area contributed by atoms with E-state index in [0.717, 1.165) is 25.2 Å². The van der Waals surface area contributed by atoms with Gasteiger partial charge in [-0.2, -0.15) is 0 Å². The molecule has 3 heteroatoms. The first-order chi connectivity index (χ1) is 7.67. The Morgan fingerprint density at radius 1 is 1.50 bits per heavy atom. The van der Waals surface area contributed by atoms with Crippen molar-refractivity contribution >= 4 is 0 Å². The molecule has 16 heavy (non-hydrogen) atoms. The highest BCUT2D eigenvalue weighted by molar-refractivity contribution is 5.40. The molecule has 3 nitrogen and oxygen atoms in total. The largest absolute Gasteiger partial charge is 0.493 e. The second-order valence-corrected chi connectivity index (χ2v) is 4.89. The molecule has 0 aromatic heterocycles. The first-order valence-electron chi connectivity index (χ1n) is 5.72. The molecule has 1 aliphatic heterocycles. The van der Waals surface area contributed by atoms with Gasteiger partial charge in [-0.1, -0.05) is 19.1 Å². The predicted molar refractivity (Wildman–Crippen MR) is 63.6 cm³/mol. The van der Waals surface area contributed by atoms with Crippen molar-refractivity contribution < 1.29 is 9.84 Å². The van der Waals surface area contributed by atoms with Gasteiger partial charge in [0, 0.05) is 25.0 Å². The summed E-state index contributed by atoms with van der Waals surface area (Å²) in [6.07, 6.45) is 1.80. The van der Waals surface area contributed by atoms with Gasteiger partial charge in [-0.3, -0.25) is 0 Å². The van der Waals surface area contributed by atoms with Gasteiger partial charge in [0.1, 0.15) is 5.75 Å². The molecule has 1 atom stereocenters. The maximum Gasteiger partial charge on any atom is 0.122 e. The summed E-state index contributed by atoms with van der Waals surface area (Å²) >= 11 is 0. The molecule has 0 fully saturated rings. The second kappa shape index (κ2) is 4.44. The lowest BCUT2D eigenvalue weighted by atomic mass is 9.84. The van der Waals surface area contributed by atoms with E-state index in [0.29, 0.717) is 6.54 Å². The van der Waals surface area contributed by atoms with Crippen molar-refractivity contribution in [3.63, 3.8) is 0 Å². The first-order valence-corrected chi connectivity index (χ1v) is 5.72. The fourth-order valence-electron chi connectivity index (χ4n) is 2.04. The monoisotopic (exact) mass is 221 g/mol. The minimum Gasteiger partial charge on any atom is -0.493 e. The first kappa shape index (κ1) is 11.4. The quantitative estimate of drug-likeness (QED) is 0.801. The van der Waals surface area contributed by atoms with Crippen LogP contribution in [0.4, 0.5) is 0 Å². The molecule has 2 rings (SSSR count). The number of rotatable bonds is 4. The molecule has 0 saturated carbocycles. The average Bonchev–Trinajstić information content (AvgIpc) is 2.76. The fourth-order valence-corrected chi connectivity index (χ4v) is 2.04. The van der Waals surface area contributed by atoms with Gasteiger partial charge in [0.25, 0.3) is 0 Å². The van der Waals surface area contributed by atoms with Crippen molar-refractivity contribution in [3.8, 4) is 5.75 Å². The van der Waals surface area contributed by atoms with Crippen molar-refractivity contribution in [1.82, 2.24) is 0 Å². The smallest absolute Gasteiger partial charge is 0.122 e. The molecule has 88 valence electrons. The Kier molecular flexibility index (Phi) is 3.17. The summed E-state index contributed by atoms with van der Waals surface area (Å²) in [5.41, 5.74) is 7.98. The minimum atomic E-state index is -0.215. The number of aliphatic hydroxyl groups is 1. The summed E-state index contributed by atoms with van der Waals surface area (Å²) in [6.45, 7) is 3.41. The van der Waals surface area contributed by atoms with Crippen LogP contribution >= 0.6 is 0 Å². The van der Waals surface area contributed by atoms with Crippen LogP contribution in [0.1, 0.15) is 18.1 Å². The molecule has 1 aromatic carbocycles. The Morgan fingerprint density at radius 2 is 2.31 bits per heavy atom. The van der Waals surface area contributed by atoms with Gasteiger partial charge in [-0.15, -0.1) is 0 Å². The Bertz CT molecular complexity index is 372. The summed E-state index contributed by atoms with van der Waals surface area (Å²) in [5.74, 6) is 1.00. The normalized spacial score (nSPS) is 17.7. The molecule has 3 N–H and O–H groups in total.